The molecular formula is C16H24ClN3OS. The maximum atomic E-state index is 12.1. The summed E-state index contributed by atoms with van der Waals surface area (Å²) >= 11 is 7.58. The molecule has 1 aliphatic heterocycles. The molecule has 0 aliphatic carbocycles. The van der Waals surface area contributed by atoms with Gasteiger partial charge in [-0.3, -0.25) is 0 Å². The number of amides is 2. The van der Waals surface area contributed by atoms with E-state index in [-0.39, 0.29) is 6.03 Å². The van der Waals surface area contributed by atoms with Gasteiger partial charge in [0.15, 0.2) is 0 Å². The van der Waals surface area contributed by atoms with E-state index in [1.807, 2.05) is 29.2 Å². The first-order chi connectivity index (χ1) is 10.5. The minimum atomic E-state index is 0.0676. The molecule has 1 saturated heterocycles. The van der Waals surface area contributed by atoms with Crippen LogP contribution in [0.25, 0.3) is 0 Å². The van der Waals surface area contributed by atoms with Crippen LogP contribution in [0.4, 0.5) is 4.79 Å². The van der Waals surface area contributed by atoms with E-state index in [1.165, 1.54) is 4.90 Å². The summed E-state index contributed by atoms with van der Waals surface area (Å²) in [6.45, 7) is 3.47. The number of thioether (sulfide) groups is 1. The van der Waals surface area contributed by atoms with Crippen LogP contribution in [0.1, 0.15) is 6.42 Å². The number of carbonyl (C=O) groups is 1. The second kappa shape index (κ2) is 8.65. The van der Waals surface area contributed by atoms with Crippen LogP contribution in [-0.4, -0.2) is 61.9 Å². The van der Waals surface area contributed by atoms with E-state index in [0.717, 1.165) is 36.8 Å². The second-order valence-corrected chi connectivity index (χ2v) is 7.50. The summed E-state index contributed by atoms with van der Waals surface area (Å²) in [5.41, 5.74) is 0. The standard InChI is InChI=1S/C16H24ClN3OS/c1-19(2)11-13-7-9-20(12-13)16(21)18-8-10-22-15-5-3-14(17)4-6-15/h3-6,13H,7-12H2,1-2H3,(H,18,21)/t13-/m0/s1. The molecule has 1 fully saturated rings. The third kappa shape index (κ3) is 5.71. The van der Waals surface area contributed by atoms with Gasteiger partial charge in [0, 0.05) is 41.8 Å². The molecule has 0 saturated carbocycles. The van der Waals surface area contributed by atoms with Crippen LogP contribution in [-0.2, 0) is 0 Å². The van der Waals surface area contributed by atoms with E-state index < -0.39 is 0 Å². The largest absolute Gasteiger partial charge is 0.337 e. The first-order valence-electron chi connectivity index (χ1n) is 7.60. The zero-order valence-electron chi connectivity index (χ0n) is 13.2. The first kappa shape index (κ1) is 17.4. The Morgan fingerprint density at radius 3 is 2.82 bits per heavy atom. The van der Waals surface area contributed by atoms with E-state index in [2.05, 4.69) is 24.3 Å². The molecule has 1 aliphatic rings. The van der Waals surface area contributed by atoms with Gasteiger partial charge < -0.3 is 15.1 Å². The topological polar surface area (TPSA) is 35.6 Å². The molecule has 1 heterocycles. The SMILES string of the molecule is CN(C)C[C@@H]1CCN(C(=O)NCCSc2ccc(Cl)cc2)C1. The van der Waals surface area contributed by atoms with Gasteiger partial charge in [-0.05, 0) is 50.7 Å². The van der Waals surface area contributed by atoms with Crippen LogP contribution in [0, 0.1) is 5.92 Å². The predicted octanol–water partition coefficient (Wildman–Crippen LogP) is 3.03. The number of hydrogen-bond acceptors (Lipinski definition) is 3. The molecule has 4 nitrogen and oxygen atoms in total. The van der Waals surface area contributed by atoms with Crippen molar-refractivity contribution in [1.29, 1.82) is 0 Å². The molecule has 0 radical (unpaired) electrons. The summed E-state index contributed by atoms with van der Waals surface area (Å²) in [6.07, 6.45) is 1.10. The van der Waals surface area contributed by atoms with E-state index in [1.54, 1.807) is 11.8 Å². The summed E-state index contributed by atoms with van der Waals surface area (Å²) < 4.78 is 0. The highest BCUT2D eigenvalue weighted by molar-refractivity contribution is 7.99. The van der Waals surface area contributed by atoms with Crippen LogP contribution in [0.3, 0.4) is 0 Å². The van der Waals surface area contributed by atoms with Crippen molar-refractivity contribution in [2.45, 2.75) is 11.3 Å². The number of benzene rings is 1. The Bertz CT molecular complexity index is 481. The fourth-order valence-corrected chi connectivity index (χ4v) is 3.55. The molecule has 1 aromatic rings. The number of urea groups is 1. The Labute approximate surface area is 142 Å². The molecular weight excluding hydrogens is 318 g/mol. The fraction of sp³-hybridized carbons (Fsp3) is 0.562. The zero-order valence-corrected chi connectivity index (χ0v) is 14.8. The minimum Gasteiger partial charge on any atom is -0.337 e. The molecule has 2 rings (SSSR count). The molecule has 122 valence electrons. The number of hydrogen-bond donors (Lipinski definition) is 1. The van der Waals surface area contributed by atoms with Crippen molar-refractivity contribution in [3.8, 4) is 0 Å². The lowest BCUT2D eigenvalue weighted by Gasteiger charge is -2.19. The highest BCUT2D eigenvalue weighted by atomic mass is 35.5. The van der Waals surface area contributed by atoms with Gasteiger partial charge in [0.25, 0.3) is 0 Å². The van der Waals surface area contributed by atoms with Crippen LogP contribution in [0.15, 0.2) is 29.2 Å². The smallest absolute Gasteiger partial charge is 0.317 e. The maximum Gasteiger partial charge on any atom is 0.317 e. The van der Waals surface area contributed by atoms with Crippen molar-refractivity contribution in [1.82, 2.24) is 15.1 Å². The third-order valence-corrected chi connectivity index (χ3v) is 4.92. The zero-order chi connectivity index (χ0) is 15.9. The van der Waals surface area contributed by atoms with Crippen molar-refractivity contribution < 1.29 is 4.79 Å². The number of nitrogens with zero attached hydrogens (tertiary/aromatic N) is 2. The van der Waals surface area contributed by atoms with E-state index in [9.17, 15) is 4.79 Å². The number of rotatable bonds is 6. The Hall–Kier alpha value is -0.910. The minimum absolute atomic E-state index is 0.0676. The molecule has 0 bridgehead atoms. The van der Waals surface area contributed by atoms with Crippen LogP contribution in [0.2, 0.25) is 5.02 Å². The van der Waals surface area contributed by atoms with Crippen LogP contribution >= 0.6 is 23.4 Å². The van der Waals surface area contributed by atoms with Crippen molar-refractivity contribution in [3.05, 3.63) is 29.3 Å². The predicted molar refractivity (Wildman–Crippen MR) is 93.8 cm³/mol. The lowest BCUT2D eigenvalue weighted by Crippen LogP contribution is -2.39. The quantitative estimate of drug-likeness (QED) is 0.638. The molecule has 0 spiro atoms. The van der Waals surface area contributed by atoms with Crippen molar-refractivity contribution in [3.63, 3.8) is 0 Å². The summed E-state index contributed by atoms with van der Waals surface area (Å²) in [6, 6.07) is 7.84. The number of halogens is 1. The van der Waals surface area contributed by atoms with E-state index in [4.69, 9.17) is 11.6 Å². The molecule has 1 N–H and O–H groups in total. The van der Waals surface area contributed by atoms with Gasteiger partial charge in [-0.15, -0.1) is 11.8 Å². The molecule has 22 heavy (non-hydrogen) atoms. The van der Waals surface area contributed by atoms with Gasteiger partial charge in [0.2, 0.25) is 0 Å². The van der Waals surface area contributed by atoms with Gasteiger partial charge in [0.1, 0.15) is 0 Å². The van der Waals surface area contributed by atoms with Crippen molar-refractivity contribution >= 4 is 29.4 Å². The highest BCUT2D eigenvalue weighted by Crippen LogP contribution is 2.20. The number of nitrogens with one attached hydrogen (secondary N) is 1. The van der Waals surface area contributed by atoms with Gasteiger partial charge in [-0.2, -0.15) is 0 Å². The Morgan fingerprint density at radius 2 is 2.14 bits per heavy atom. The Balaban J connectivity index is 1.63. The van der Waals surface area contributed by atoms with Gasteiger partial charge in [-0.25, -0.2) is 4.79 Å². The highest BCUT2D eigenvalue weighted by Gasteiger charge is 2.26. The number of likely N-dealkylation sites (tertiary alicyclic amines) is 1. The molecule has 1 aromatic carbocycles. The Morgan fingerprint density at radius 1 is 1.41 bits per heavy atom. The van der Waals surface area contributed by atoms with Crippen molar-refractivity contribution in [2.75, 3.05) is 46.0 Å². The molecule has 2 amide bonds. The van der Waals surface area contributed by atoms with Gasteiger partial charge >= 0.3 is 6.03 Å². The lowest BCUT2D eigenvalue weighted by atomic mass is 10.1. The summed E-state index contributed by atoms with van der Waals surface area (Å²) in [4.78, 5) is 17.4. The van der Waals surface area contributed by atoms with Crippen LogP contribution in [0.5, 0.6) is 0 Å². The normalized spacial score (nSPS) is 18.0. The summed E-state index contributed by atoms with van der Waals surface area (Å²) in [5, 5.41) is 3.76. The lowest BCUT2D eigenvalue weighted by molar-refractivity contribution is 0.206. The van der Waals surface area contributed by atoms with Gasteiger partial charge in [0.05, 0.1) is 0 Å². The van der Waals surface area contributed by atoms with E-state index in [0.29, 0.717) is 12.5 Å². The fourth-order valence-electron chi connectivity index (χ4n) is 2.65. The average molecular weight is 342 g/mol. The van der Waals surface area contributed by atoms with Gasteiger partial charge in [-0.1, -0.05) is 11.6 Å². The molecule has 6 heteroatoms. The molecule has 0 unspecified atom stereocenters. The molecule has 1 atom stereocenters. The second-order valence-electron chi connectivity index (χ2n) is 5.90. The molecule has 0 aromatic heterocycles. The summed E-state index contributed by atoms with van der Waals surface area (Å²) in [7, 11) is 4.16. The maximum absolute atomic E-state index is 12.1. The summed E-state index contributed by atoms with van der Waals surface area (Å²) in [5.74, 6) is 1.46. The van der Waals surface area contributed by atoms with Crippen molar-refractivity contribution in [2.24, 2.45) is 5.92 Å². The third-order valence-electron chi connectivity index (χ3n) is 3.66. The Kier molecular flexibility index (Phi) is 6.86. The number of carbonyl (C=O) groups excluding carboxylic acids is 1. The van der Waals surface area contributed by atoms with Crippen LogP contribution < -0.4 is 5.32 Å². The monoisotopic (exact) mass is 341 g/mol. The first-order valence-corrected chi connectivity index (χ1v) is 8.97. The van der Waals surface area contributed by atoms with E-state index >= 15 is 0 Å². The average Bonchev–Trinajstić information content (AvgIpc) is 2.93.